The first kappa shape index (κ1) is 14.7. The quantitative estimate of drug-likeness (QED) is 0.793. The van der Waals surface area contributed by atoms with Crippen molar-refractivity contribution >= 4 is 11.6 Å². The van der Waals surface area contributed by atoms with Gasteiger partial charge in [-0.25, -0.2) is 0 Å². The largest absolute Gasteiger partial charge is 0.497 e. The third kappa shape index (κ3) is 2.88. The molecule has 1 aliphatic rings. The van der Waals surface area contributed by atoms with Crippen LogP contribution in [0.1, 0.15) is 11.5 Å². The Morgan fingerprint density at radius 1 is 1.00 bits per heavy atom. The summed E-state index contributed by atoms with van der Waals surface area (Å²) in [5.41, 5.74) is 1.98. The summed E-state index contributed by atoms with van der Waals surface area (Å²) in [6.07, 6.45) is 1.87. The van der Waals surface area contributed by atoms with Crippen LogP contribution in [0.15, 0.2) is 78.6 Å². The molecule has 0 amide bonds. The minimum atomic E-state index is -0.182. The van der Waals surface area contributed by atoms with Crippen LogP contribution in [0.3, 0.4) is 0 Å². The number of hydrogen-bond donors (Lipinski definition) is 0. The highest BCUT2D eigenvalue weighted by Crippen LogP contribution is 2.39. The molecular formula is C19H17ClO2. The number of rotatable bonds is 4. The molecule has 0 bridgehead atoms. The van der Waals surface area contributed by atoms with Gasteiger partial charge in [-0.15, -0.1) is 0 Å². The topological polar surface area (TPSA) is 18.5 Å². The average molecular weight is 313 g/mol. The molecule has 0 radical (unpaired) electrons. The Kier molecular flexibility index (Phi) is 4.21. The third-order valence-corrected chi connectivity index (χ3v) is 4.05. The van der Waals surface area contributed by atoms with E-state index in [2.05, 4.69) is 12.7 Å². The van der Waals surface area contributed by atoms with E-state index in [4.69, 9.17) is 21.1 Å². The maximum atomic E-state index is 6.15. The van der Waals surface area contributed by atoms with Gasteiger partial charge in [-0.2, -0.15) is 0 Å². The smallest absolute Gasteiger partial charge is 0.137 e. The highest BCUT2D eigenvalue weighted by Gasteiger charge is 2.35. The van der Waals surface area contributed by atoms with E-state index < -0.39 is 0 Å². The lowest BCUT2D eigenvalue weighted by Gasteiger charge is -2.22. The Morgan fingerprint density at radius 3 is 2.32 bits per heavy atom. The number of benzene rings is 2. The van der Waals surface area contributed by atoms with E-state index >= 15 is 0 Å². The molecule has 2 aromatic carbocycles. The van der Waals surface area contributed by atoms with Crippen LogP contribution < -0.4 is 4.74 Å². The Morgan fingerprint density at radius 2 is 1.68 bits per heavy atom. The predicted octanol–water partition coefficient (Wildman–Crippen LogP) is 4.97. The Labute approximate surface area is 135 Å². The Balaban J connectivity index is 1.92. The molecule has 3 rings (SSSR count). The van der Waals surface area contributed by atoms with Crippen LogP contribution in [-0.4, -0.2) is 13.2 Å². The normalized spacial score (nSPS) is 20.6. The van der Waals surface area contributed by atoms with E-state index in [1.54, 1.807) is 7.11 Å². The monoisotopic (exact) mass is 312 g/mol. The van der Waals surface area contributed by atoms with E-state index in [0.717, 1.165) is 27.7 Å². The van der Waals surface area contributed by atoms with Crippen molar-refractivity contribution in [3.63, 3.8) is 0 Å². The summed E-state index contributed by atoms with van der Waals surface area (Å²) in [7, 11) is 1.65. The first-order chi connectivity index (χ1) is 10.7. The Bertz CT molecular complexity index is 689. The zero-order chi connectivity index (χ0) is 15.5. The number of para-hydroxylation sites is 1. The number of halogens is 1. The number of ether oxygens (including phenoxy) is 2. The molecule has 0 N–H and O–H groups in total. The van der Waals surface area contributed by atoms with Crippen molar-refractivity contribution in [3.05, 3.63) is 89.2 Å². The molecule has 0 saturated heterocycles. The summed E-state index contributed by atoms with van der Waals surface area (Å²) in [5, 5.41) is 0.719. The van der Waals surface area contributed by atoms with Gasteiger partial charge in [0, 0.05) is 16.5 Å². The van der Waals surface area contributed by atoms with Crippen molar-refractivity contribution in [2.75, 3.05) is 7.11 Å². The van der Waals surface area contributed by atoms with Crippen molar-refractivity contribution in [2.45, 2.75) is 12.0 Å². The number of methoxy groups -OCH3 is 1. The SMILES string of the molecule is C=C1C(OC)=C[C@H](c2ccc(Cl)cc2)[C@H]1Oc1ccccc1. The maximum Gasteiger partial charge on any atom is 0.137 e. The molecule has 3 heteroatoms. The van der Waals surface area contributed by atoms with Crippen molar-refractivity contribution in [3.8, 4) is 5.75 Å². The second kappa shape index (κ2) is 6.29. The zero-order valence-corrected chi connectivity index (χ0v) is 13.1. The van der Waals surface area contributed by atoms with Crippen LogP contribution in [0.4, 0.5) is 0 Å². The summed E-state index contributed by atoms with van der Waals surface area (Å²) in [6, 6.07) is 17.5. The molecule has 0 fully saturated rings. The van der Waals surface area contributed by atoms with E-state index in [-0.39, 0.29) is 12.0 Å². The van der Waals surface area contributed by atoms with E-state index in [1.807, 2.05) is 54.6 Å². The predicted molar refractivity (Wildman–Crippen MR) is 89.3 cm³/mol. The molecular weight excluding hydrogens is 296 g/mol. The fraction of sp³-hybridized carbons (Fsp3) is 0.158. The van der Waals surface area contributed by atoms with Gasteiger partial charge in [0.05, 0.1) is 7.11 Å². The van der Waals surface area contributed by atoms with Crippen LogP contribution in [0, 0.1) is 0 Å². The van der Waals surface area contributed by atoms with Gasteiger partial charge in [0.2, 0.25) is 0 Å². The molecule has 0 unspecified atom stereocenters. The third-order valence-electron chi connectivity index (χ3n) is 3.80. The van der Waals surface area contributed by atoms with Crippen LogP contribution in [0.5, 0.6) is 5.75 Å². The standard InChI is InChI=1S/C19H17ClO2/c1-13-18(21-2)12-17(14-8-10-15(20)11-9-14)19(13)22-16-6-4-3-5-7-16/h3-12,17,19H,1H2,2H3/t17-,19+/m1/s1. The number of hydrogen-bond acceptors (Lipinski definition) is 2. The summed E-state index contributed by atoms with van der Waals surface area (Å²) < 4.78 is 11.6. The first-order valence-electron chi connectivity index (χ1n) is 7.11. The van der Waals surface area contributed by atoms with Gasteiger partial charge < -0.3 is 9.47 Å². The average Bonchev–Trinajstić information content (AvgIpc) is 2.86. The molecule has 2 atom stereocenters. The lowest BCUT2D eigenvalue weighted by Crippen LogP contribution is -2.22. The summed E-state index contributed by atoms with van der Waals surface area (Å²) in [6.45, 7) is 4.13. The van der Waals surface area contributed by atoms with Crippen LogP contribution in [-0.2, 0) is 4.74 Å². The van der Waals surface area contributed by atoms with Gasteiger partial charge in [-0.1, -0.05) is 48.5 Å². The molecule has 1 aliphatic carbocycles. The van der Waals surface area contributed by atoms with Gasteiger partial charge in [0.15, 0.2) is 0 Å². The lowest BCUT2D eigenvalue weighted by atomic mass is 9.95. The van der Waals surface area contributed by atoms with Gasteiger partial charge in [0.25, 0.3) is 0 Å². The van der Waals surface area contributed by atoms with Gasteiger partial charge in [-0.05, 0) is 35.9 Å². The van der Waals surface area contributed by atoms with E-state index in [0.29, 0.717) is 0 Å². The zero-order valence-electron chi connectivity index (χ0n) is 12.3. The first-order valence-corrected chi connectivity index (χ1v) is 7.49. The van der Waals surface area contributed by atoms with E-state index in [9.17, 15) is 0 Å². The summed E-state index contributed by atoms with van der Waals surface area (Å²) in [4.78, 5) is 0. The Hall–Kier alpha value is -2.19. The van der Waals surface area contributed by atoms with Crippen molar-refractivity contribution in [1.82, 2.24) is 0 Å². The molecule has 0 heterocycles. The van der Waals surface area contributed by atoms with Crippen molar-refractivity contribution in [1.29, 1.82) is 0 Å². The molecule has 2 nitrogen and oxygen atoms in total. The summed E-state index contributed by atoms with van der Waals surface area (Å²) >= 11 is 5.98. The highest BCUT2D eigenvalue weighted by atomic mass is 35.5. The van der Waals surface area contributed by atoms with Crippen molar-refractivity contribution in [2.24, 2.45) is 0 Å². The minimum Gasteiger partial charge on any atom is -0.497 e. The van der Waals surface area contributed by atoms with Gasteiger partial charge in [0.1, 0.15) is 17.6 Å². The second-order valence-electron chi connectivity index (χ2n) is 5.19. The van der Waals surface area contributed by atoms with Gasteiger partial charge >= 0.3 is 0 Å². The van der Waals surface area contributed by atoms with Crippen LogP contribution in [0.25, 0.3) is 0 Å². The molecule has 0 saturated carbocycles. The van der Waals surface area contributed by atoms with Crippen LogP contribution >= 0.6 is 11.6 Å². The molecule has 22 heavy (non-hydrogen) atoms. The minimum absolute atomic E-state index is 0.0555. The fourth-order valence-electron chi connectivity index (χ4n) is 2.66. The fourth-order valence-corrected chi connectivity index (χ4v) is 2.79. The summed E-state index contributed by atoms with van der Waals surface area (Å²) in [5.74, 6) is 1.65. The van der Waals surface area contributed by atoms with Crippen molar-refractivity contribution < 1.29 is 9.47 Å². The second-order valence-corrected chi connectivity index (χ2v) is 5.63. The highest BCUT2D eigenvalue weighted by molar-refractivity contribution is 6.30. The molecule has 0 aliphatic heterocycles. The lowest BCUT2D eigenvalue weighted by molar-refractivity contribution is 0.222. The molecule has 0 aromatic heterocycles. The molecule has 0 spiro atoms. The molecule has 112 valence electrons. The van der Waals surface area contributed by atoms with Crippen LogP contribution in [0.2, 0.25) is 5.02 Å². The van der Waals surface area contributed by atoms with Gasteiger partial charge in [-0.3, -0.25) is 0 Å². The maximum absolute atomic E-state index is 6.15. The van der Waals surface area contributed by atoms with E-state index in [1.165, 1.54) is 0 Å². The molecule has 2 aromatic rings.